The van der Waals surface area contributed by atoms with E-state index in [0.717, 1.165) is 0 Å². The maximum Gasteiger partial charge on any atom is 0.336 e. The zero-order valence-electron chi connectivity index (χ0n) is 21.0. The summed E-state index contributed by atoms with van der Waals surface area (Å²) >= 11 is 1.24. The Hall–Kier alpha value is -3.29. The SMILES string of the molecule is CC(C)(CN)OC(=O)C1CC(F)(F)CN1CC1=C(C(=O)O)C(C)(c2ccc(F)cc2)N=C(c2nccs2)N1. The van der Waals surface area contributed by atoms with Crippen LogP contribution in [0.4, 0.5) is 13.2 Å². The van der Waals surface area contributed by atoms with Crippen LogP contribution in [0, 0.1) is 5.82 Å². The molecule has 2 aliphatic heterocycles. The van der Waals surface area contributed by atoms with Crippen molar-refractivity contribution in [3.8, 4) is 0 Å². The molecular weight excluding hydrogens is 523 g/mol. The van der Waals surface area contributed by atoms with Crippen molar-refractivity contribution >= 4 is 29.1 Å². The second-order valence-corrected chi connectivity index (χ2v) is 10.9. The van der Waals surface area contributed by atoms with Crippen LogP contribution in [0.25, 0.3) is 0 Å². The lowest BCUT2D eigenvalue weighted by molar-refractivity contribution is -0.161. The lowest BCUT2D eigenvalue weighted by atomic mass is 9.82. The number of aliphatic imine (C=N–C) groups is 1. The first-order valence-electron chi connectivity index (χ1n) is 11.8. The number of hydrogen-bond acceptors (Lipinski definition) is 9. The number of hydrogen-bond donors (Lipinski definition) is 3. The lowest BCUT2D eigenvalue weighted by Gasteiger charge is -2.36. The van der Waals surface area contributed by atoms with Crippen molar-refractivity contribution in [2.45, 2.75) is 50.3 Å². The summed E-state index contributed by atoms with van der Waals surface area (Å²) in [4.78, 5) is 35.6. The van der Waals surface area contributed by atoms with E-state index in [1.807, 2.05) is 0 Å². The Kier molecular flexibility index (Phi) is 7.38. The summed E-state index contributed by atoms with van der Waals surface area (Å²) in [6.45, 7) is 3.54. The molecule has 0 amide bonds. The fourth-order valence-corrected chi connectivity index (χ4v) is 5.14. The average Bonchev–Trinajstić information content (AvgIpc) is 3.46. The van der Waals surface area contributed by atoms with Gasteiger partial charge in [-0.2, -0.15) is 0 Å². The third kappa shape index (κ3) is 5.59. The van der Waals surface area contributed by atoms with Crippen LogP contribution in [-0.4, -0.2) is 70.0 Å². The van der Waals surface area contributed by atoms with E-state index in [9.17, 15) is 27.9 Å². The van der Waals surface area contributed by atoms with Crippen LogP contribution in [0.15, 0.2) is 52.1 Å². The van der Waals surface area contributed by atoms with Gasteiger partial charge in [-0.25, -0.2) is 27.9 Å². The molecule has 9 nitrogen and oxygen atoms in total. The number of nitrogens with zero attached hydrogens (tertiary/aromatic N) is 3. The average molecular weight is 552 g/mol. The number of carboxylic acid groups (broad SMARTS) is 1. The number of nitrogens with one attached hydrogen (secondary N) is 1. The Morgan fingerprint density at radius 3 is 2.58 bits per heavy atom. The number of ether oxygens (including phenoxy) is 1. The highest BCUT2D eigenvalue weighted by Crippen LogP contribution is 2.40. The molecule has 1 aromatic heterocycles. The summed E-state index contributed by atoms with van der Waals surface area (Å²) in [7, 11) is 0. The molecule has 2 aliphatic rings. The molecule has 0 radical (unpaired) electrons. The Bertz CT molecular complexity index is 1280. The van der Waals surface area contributed by atoms with Gasteiger partial charge in [-0.3, -0.25) is 9.69 Å². The molecule has 4 N–H and O–H groups in total. The van der Waals surface area contributed by atoms with Gasteiger partial charge < -0.3 is 20.9 Å². The van der Waals surface area contributed by atoms with Crippen molar-refractivity contribution in [2.75, 3.05) is 19.6 Å². The molecule has 38 heavy (non-hydrogen) atoms. The van der Waals surface area contributed by atoms with E-state index in [2.05, 4.69) is 15.3 Å². The van der Waals surface area contributed by atoms with Crippen molar-refractivity contribution in [1.82, 2.24) is 15.2 Å². The summed E-state index contributed by atoms with van der Waals surface area (Å²) < 4.78 is 48.3. The minimum absolute atomic E-state index is 0.0125. The fraction of sp³-hybridized carbons (Fsp3) is 0.440. The first-order chi connectivity index (χ1) is 17.7. The van der Waals surface area contributed by atoms with Gasteiger partial charge in [0.05, 0.1) is 12.1 Å². The van der Waals surface area contributed by atoms with Crippen LogP contribution in [0.3, 0.4) is 0 Å². The summed E-state index contributed by atoms with van der Waals surface area (Å²) in [6.07, 6.45) is 0.757. The van der Waals surface area contributed by atoms with Gasteiger partial charge in [0.1, 0.15) is 23.0 Å². The molecule has 2 atom stereocenters. The monoisotopic (exact) mass is 551 g/mol. The van der Waals surface area contributed by atoms with Crippen molar-refractivity contribution in [1.29, 1.82) is 0 Å². The number of aliphatic carboxylic acids is 1. The molecule has 0 aliphatic carbocycles. The third-order valence-electron chi connectivity index (χ3n) is 6.52. The second-order valence-electron chi connectivity index (χ2n) is 10.0. The number of carbonyl (C=O) groups excluding carboxylic acids is 1. The Labute approximate surface area is 221 Å². The number of carbonyl (C=O) groups is 2. The topological polar surface area (TPSA) is 130 Å². The highest BCUT2D eigenvalue weighted by atomic mass is 32.1. The van der Waals surface area contributed by atoms with Gasteiger partial charge in [0.15, 0.2) is 10.8 Å². The minimum Gasteiger partial charge on any atom is -0.478 e. The molecule has 1 fully saturated rings. The summed E-state index contributed by atoms with van der Waals surface area (Å²) in [5, 5.41) is 15.4. The number of carboxylic acids is 1. The molecule has 13 heteroatoms. The van der Waals surface area contributed by atoms with Crippen LogP contribution < -0.4 is 11.1 Å². The predicted molar refractivity (Wildman–Crippen MR) is 134 cm³/mol. The van der Waals surface area contributed by atoms with Crippen LogP contribution in [0.5, 0.6) is 0 Å². The van der Waals surface area contributed by atoms with E-state index in [0.29, 0.717) is 10.6 Å². The zero-order chi connectivity index (χ0) is 27.9. The fourth-order valence-electron chi connectivity index (χ4n) is 4.56. The Morgan fingerprint density at radius 2 is 2.00 bits per heavy atom. The van der Waals surface area contributed by atoms with Gasteiger partial charge >= 0.3 is 11.9 Å². The van der Waals surface area contributed by atoms with E-state index in [4.69, 9.17) is 10.5 Å². The molecule has 4 rings (SSSR count). The first kappa shape index (κ1) is 27.7. The quantitative estimate of drug-likeness (QED) is 0.427. The van der Waals surface area contributed by atoms with Crippen LogP contribution in [0.1, 0.15) is 37.8 Å². The molecule has 1 saturated heterocycles. The largest absolute Gasteiger partial charge is 0.478 e. The van der Waals surface area contributed by atoms with Crippen LogP contribution in [-0.2, 0) is 19.9 Å². The van der Waals surface area contributed by atoms with E-state index in [-0.39, 0.29) is 30.2 Å². The highest BCUT2D eigenvalue weighted by Gasteiger charge is 2.51. The van der Waals surface area contributed by atoms with E-state index in [1.165, 1.54) is 40.5 Å². The Morgan fingerprint density at radius 1 is 1.32 bits per heavy atom. The second kappa shape index (κ2) is 10.1. The van der Waals surface area contributed by atoms with Gasteiger partial charge in [0, 0.05) is 36.8 Å². The smallest absolute Gasteiger partial charge is 0.336 e. The maximum atomic E-state index is 14.6. The van der Waals surface area contributed by atoms with Gasteiger partial charge in [0.2, 0.25) is 0 Å². The number of rotatable bonds is 8. The maximum absolute atomic E-state index is 14.6. The van der Waals surface area contributed by atoms with E-state index in [1.54, 1.807) is 32.3 Å². The van der Waals surface area contributed by atoms with Crippen molar-refractivity contribution in [2.24, 2.45) is 10.7 Å². The molecule has 204 valence electrons. The lowest BCUT2D eigenvalue weighted by Crippen LogP contribution is -2.48. The molecule has 0 spiro atoms. The summed E-state index contributed by atoms with van der Waals surface area (Å²) in [5.74, 6) is -5.72. The van der Waals surface area contributed by atoms with Gasteiger partial charge in [-0.05, 0) is 38.5 Å². The number of thiazole rings is 1. The number of halogens is 3. The Balaban J connectivity index is 1.78. The minimum atomic E-state index is -3.21. The number of aromatic nitrogens is 1. The number of benzene rings is 1. The van der Waals surface area contributed by atoms with Gasteiger partial charge in [-0.15, -0.1) is 11.3 Å². The number of alkyl halides is 2. The van der Waals surface area contributed by atoms with Crippen molar-refractivity contribution in [3.63, 3.8) is 0 Å². The van der Waals surface area contributed by atoms with Crippen molar-refractivity contribution in [3.05, 3.63) is 63.5 Å². The highest BCUT2D eigenvalue weighted by molar-refractivity contribution is 7.11. The van der Waals surface area contributed by atoms with E-state index >= 15 is 0 Å². The third-order valence-corrected chi connectivity index (χ3v) is 7.30. The normalized spacial score (nSPS) is 23.7. The molecule has 3 heterocycles. The standard InChI is InChI=1S/C25H28F3N5O4S/c1-23(2,12-29)37-22(36)17-10-25(27,28)13-33(17)11-16-18(21(34)35)24(3,14-4-6-15(26)7-5-14)32-19(31-16)20-30-8-9-38-20/h4-9,17H,10-13,29H2,1-3H3,(H,31,32)(H,34,35). The predicted octanol–water partition coefficient (Wildman–Crippen LogP) is 2.88. The summed E-state index contributed by atoms with van der Waals surface area (Å²) in [5.41, 5.74) is 3.24. The molecule has 0 bridgehead atoms. The summed E-state index contributed by atoms with van der Waals surface area (Å²) in [6, 6.07) is 3.88. The number of esters is 1. The van der Waals surface area contributed by atoms with E-state index < -0.39 is 53.8 Å². The first-order valence-corrected chi connectivity index (χ1v) is 12.7. The number of amidine groups is 1. The zero-order valence-corrected chi connectivity index (χ0v) is 21.8. The number of nitrogens with two attached hydrogens (primary N) is 1. The molecule has 2 unspecified atom stereocenters. The molecule has 0 saturated carbocycles. The molecule has 2 aromatic rings. The van der Waals surface area contributed by atoms with Crippen molar-refractivity contribution < 1.29 is 32.6 Å². The molecular formula is C25H28F3N5O4S. The van der Waals surface area contributed by atoms with Crippen LogP contribution >= 0.6 is 11.3 Å². The number of likely N-dealkylation sites (tertiary alicyclic amines) is 1. The van der Waals surface area contributed by atoms with Gasteiger partial charge in [-0.1, -0.05) is 12.1 Å². The molecule has 1 aromatic carbocycles. The van der Waals surface area contributed by atoms with Gasteiger partial charge in [0.25, 0.3) is 5.92 Å². The van der Waals surface area contributed by atoms with Crippen LogP contribution in [0.2, 0.25) is 0 Å².